The van der Waals surface area contributed by atoms with Crippen LogP contribution in [0.3, 0.4) is 0 Å². The first kappa shape index (κ1) is 28.9. The minimum atomic E-state index is -0.558. The highest BCUT2D eigenvalue weighted by Gasteiger charge is 2.25. The second-order valence-corrected chi connectivity index (χ2v) is 11.1. The van der Waals surface area contributed by atoms with E-state index in [0.29, 0.717) is 27.9 Å². The monoisotopic (exact) mass is 575 g/mol. The summed E-state index contributed by atoms with van der Waals surface area (Å²) >= 11 is 6.15. The number of hydrogen-bond acceptors (Lipinski definition) is 5. The average molecular weight is 576 g/mol. The molecule has 0 saturated carbocycles. The lowest BCUT2D eigenvalue weighted by molar-refractivity contribution is 0.0896. The van der Waals surface area contributed by atoms with Crippen molar-refractivity contribution < 1.29 is 14.0 Å². The number of rotatable bonds is 8. The third-order valence-electron chi connectivity index (χ3n) is 7.76. The quantitative estimate of drug-likeness (QED) is 0.257. The molecule has 2 aliphatic rings. The van der Waals surface area contributed by atoms with E-state index in [1.807, 2.05) is 18.2 Å². The second-order valence-electron chi connectivity index (χ2n) is 10.7. The molecule has 9 heteroatoms. The molecule has 41 heavy (non-hydrogen) atoms. The third kappa shape index (κ3) is 8.00. The van der Waals surface area contributed by atoms with Crippen LogP contribution in [0.25, 0.3) is 0 Å². The number of carbonyl (C=O) groups is 2. The normalized spacial score (nSPS) is 17.0. The van der Waals surface area contributed by atoms with Crippen molar-refractivity contribution in [2.45, 2.75) is 44.7 Å². The maximum absolute atomic E-state index is 13.4. The molecule has 0 atom stereocenters. The Morgan fingerprint density at radius 3 is 2.49 bits per heavy atom. The zero-order valence-corrected chi connectivity index (χ0v) is 23.7. The fourth-order valence-electron chi connectivity index (χ4n) is 5.62. The fourth-order valence-corrected chi connectivity index (χ4v) is 5.79. The highest BCUT2D eigenvalue weighted by atomic mass is 35.5. The van der Waals surface area contributed by atoms with Crippen molar-refractivity contribution in [1.29, 1.82) is 0 Å². The van der Waals surface area contributed by atoms with E-state index in [9.17, 15) is 14.0 Å². The van der Waals surface area contributed by atoms with Crippen LogP contribution in [0, 0.1) is 5.82 Å². The Morgan fingerprint density at radius 1 is 0.927 bits per heavy atom. The van der Waals surface area contributed by atoms with Gasteiger partial charge < -0.3 is 10.2 Å². The number of benzene rings is 3. The van der Waals surface area contributed by atoms with Gasteiger partial charge in [-0.25, -0.2) is 9.82 Å². The highest BCUT2D eigenvalue weighted by molar-refractivity contribution is 6.31. The van der Waals surface area contributed by atoms with Gasteiger partial charge in [0.1, 0.15) is 5.82 Å². The van der Waals surface area contributed by atoms with Gasteiger partial charge in [0.15, 0.2) is 0 Å². The van der Waals surface area contributed by atoms with Crippen LogP contribution in [-0.2, 0) is 6.54 Å². The number of likely N-dealkylation sites (tertiary alicyclic amines) is 2. The van der Waals surface area contributed by atoms with Gasteiger partial charge in [-0.2, -0.15) is 5.10 Å². The molecule has 2 heterocycles. The number of hydrogen-bond donors (Lipinski definition) is 2. The lowest BCUT2D eigenvalue weighted by Crippen LogP contribution is -2.46. The summed E-state index contributed by atoms with van der Waals surface area (Å²) < 4.78 is 13.4. The van der Waals surface area contributed by atoms with Crippen molar-refractivity contribution in [3.05, 3.63) is 99.8 Å². The molecule has 5 rings (SSSR count). The fraction of sp³-hybridized carbons (Fsp3) is 0.344. The van der Waals surface area contributed by atoms with E-state index in [1.165, 1.54) is 69.6 Å². The predicted octanol–water partition coefficient (Wildman–Crippen LogP) is 5.95. The molecule has 214 valence electrons. The van der Waals surface area contributed by atoms with Gasteiger partial charge in [-0.1, -0.05) is 42.3 Å². The van der Waals surface area contributed by atoms with E-state index in [4.69, 9.17) is 11.6 Å². The van der Waals surface area contributed by atoms with Crippen LogP contribution < -0.4 is 10.7 Å². The SMILES string of the molecule is O=C(Nc1ccc(Cl)cc1C(=O)NN=Cc1cccc(F)c1)c1cccc(CN2CCC(N3CCCCC3)CC2)c1. The standard InChI is InChI=1S/C32H35ClFN5O2/c33-26-10-11-30(29(20-26)32(41)37-35-21-23-6-5-9-27(34)19-23)36-31(40)25-8-4-7-24(18-25)22-38-16-12-28(13-17-38)39-14-2-1-3-15-39/h4-11,18-21,28H,1-3,12-17,22H2,(H,36,40)(H,37,41). The summed E-state index contributed by atoms with van der Waals surface area (Å²) in [5.74, 6) is -1.28. The summed E-state index contributed by atoms with van der Waals surface area (Å²) in [6.07, 6.45) is 7.72. The Labute approximate surface area is 245 Å². The van der Waals surface area contributed by atoms with Gasteiger partial charge in [-0.15, -0.1) is 0 Å². The topological polar surface area (TPSA) is 77.0 Å². The molecular formula is C32H35ClFN5O2. The van der Waals surface area contributed by atoms with Crippen LogP contribution in [0.1, 0.15) is 63.9 Å². The maximum Gasteiger partial charge on any atom is 0.273 e. The molecule has 0 aromatic heterocycles. The first-order valence-corrected chi connectivity index (χ1v) is 14.6. The van der Waals surface area contributed by atoms with E-state index in [0.717, 1.165) is 25.2 Å². The number of nitrogens with zero attached hydrogens (tertiary/aromatic N) is 3. The van der Waals surface area contributed by atoms with Crippen LogP contribution in [0.5, 0.6) is 0 Å². The number of carbonyl (C=O) groups excluding carboxylic acids is 2. The molecule has 2 aliphatic heterocycles. The molecule has 3 aromatic rings. The largest absolute Gasteiger partial charge is 0.321 e. The highest BCUT2D eigenvalue weighted by Crippen LogP contribution is 2.24. The van der Waals surface area contributed by atoms with Crippen molar-refractivity contribution in [2.75, 3.05) is 31.5 Å². The number of halogens is 2. The van der Waals surface area contributed by atoms with E-state index < -0.39 is 11.7 Å². The third-order valence-corrected chi connectivity index (χ3v) is 8.00. The smallest absolute Gasteiger partial charge is 0.273 e. The zero-order valence-electron chi connectivity index (χ0n) is 23.0. The zero-order chi connectivity index (χ0) is 28.6. The summed E-state index contributed by atoms with van der Waals surface area (Å²) in [6, 6.07) is 18.8. The Hall–Kier alpha value is -3.59. The molecule has 2 fully saturated rings. The van der Waals surface area contributed by atoms with Gasteiger partial charge in [0.25, 0.3) is 11.8 Å². The van der Waals surface area contributed by atoms with Crippen LogP contribution in [0.4, 0.5) is 10.1 Å². The van der Waals surface area contributed by atoms with Gasteiger partial charge in [-0.05, 0) is 105 Å². The predicted molar refractivity (Wildman–Crippen MR) is 161 cm³/mol. The number of hydrazone groups is 1. The Balaban J connectivity index is 1.19. The lowest BCUT2D eigenvalue weighted by atomic mass is 9.99. The van der Waals surface area contributed by atoms with Crippen LogP contribution in [0.2, 0.25) is 5.02 Å². The van der Waals surface area contributed by atoms with Gasteiger partial charge >= 0.3 is 0 Å². The lowest BCUT2D eigenvalue weighted by Gasteiger charge is -2.40. The first-order chi connectivity index (χ1) is 19.9. The number of amides is 2. The maximum atomic E-state index is 13.4. The number of nitrogens with one attached hydrogen (secondary N) is 2. The van der Waals surface area contributed by atoms with E-state index in [1.54, 1.807) is 30.3 Å². The molecule has 0 spiro atoms. The molecule has 2 amide bonds. The van der Waals surface area contributed by atoms with Crippen molar-refractivity contribution >= 4 is 35.3 Å². The van der Waals surface area contributed by atoms with Crippen LogP contribution >= 0.6 is 11.6 Å². The van der Waals surface area contributed by atoms with Crippen molar-refractivity contribution in [2.24, 2.45) is 5.10 Å². The number of piperidine rings is 2. The molecule has 7 nitrogen and oxygen atoms in total. The van der Waals surface area contributed by atoms with E-state index in [2.05, 4.69) is 25.6 Å². The molecule has 2 N–H and O–H groups in total. The second kappa shape index (κ2) is 13.9. The minimum absolute atomic E-state index is 0.162. The molecule has 0 unspecified atom stereocenters. The Morgan fingerprint density at radius 2 is 1.71 bits per heavy atom. The molecule has 0 bridgehead atoms. The Kier molecular flexibility index (Phi) is 9.77. The molecule has 2 saturated heterocycles. The minimum Gasteiger partial charge on any atom is -0.321 e. The summed E-state index contributed by atoms with van der Waals surface area (Å²) in [7, 11) is 0. The van der Waals surface area contributed by atoms with Crippen molar-refractivity contribution in [1.82, 2.24) is 15.2 Å². The summed E-state index contributed by atoms with van der Waals surface area (Å²) in [5.41, 5.74) is 4.97. The van der Waals surface area contributed by atoms with Gasteiger partial charge in [0.05, 0.1) is 17.5 Å². The molecule has 0 radical (unpaired) electrons. The summed E-state index contributed by atoms with van der Waals surface area (Å²) in [4.78, 5) is 31.2. The molecule has 0 aliphatic carbocycles. The van der Waals surface area contributed by atoms with Crippen molar-refractivity contribution in [3.8, 4) is 0 Å². The summed E-state index contributed by atoms with van der Waals surface area (Å²) in [6.45, 7) is 5.39. The first-order valence-electron chi connectivity index (χ1n) is 14.2. The van der Waals surface area contributed by atoms with Gasteiger partial charge in [0.2, 0.25) is 0 Å². The van der Waals surface area contributed by atoms with Crippen molar-refractivity contribution in [3.63, 3.8) is 0 Å². The van der Waals surface area contributed by atoms with Gasteiger partial charge in [0, 0.05) is 23.2 Å². The Bertz CT molecular complexity index is 1400. The number of anilines is 1. The van der Waals surface area contributed by atoms with E-state index in [-0.39, 0.29) is 11.5 Å². The average Bonchev–Trinajstić information content (AvgIpc) is 2.99. The van der Waals surface area contributed by atoms with E-state index >= 15 is 0 Å². The molecule has 3 aromatic carbocycles. The van der Waals surface area contributed by atoms with Gasteiger partial charge in [-0.3, -0.25) is 14.5 Å². The summed E-state index contributed by atoms with van der Waals surface area (Å²) in [5, 5.41) is 7.10. The molecular weight excluding hydrogens is 541 g/mol. The van der Waals surface area contributed by atoms with Crippen LogP contribution in [-0.4, -0.2) is 60.0 Å². The van der Waals surface area contributed by atoms with Crippen LogP contribution in [0.15, 0.2) is 71.8 Å².